The molecule has 0 radical (unpaired) electrons. The first kappa shape index (κ1) is 11.3. The highest BCUT2D eigenvalue weighted by molar-refractivity contribution is 5.93. The van der Waals surface area contributed by atoms with Crippen LogP contribution >= 0.6 is 24.8 Å². The Balaban J connectivity index is 0.000000605. The van der Waals surface area contributed by atoms with Crippen LogP contribution in [-0.2, 0) is 11.3 Å². The van der Waals surface area contributed by atoms with Crippen LogP contribution in [0.4, 0.5) is 0 Å². The van der Waals surface area contributed by atoms with E-state index in [1.165, 1.54) is 0 Å². The second-order valence-electron chi connectivity index (χ2n) is 2.23. The van der Waals surface area contributed by atoms with Crippen molar-refractivity contribution in [2.24, 2.45) is 0 Å². The van der Waals surface area contributed by atoms with E-state index in [9.17, 15) is 4.79 Å². The minimum atomic E-state index is -0.199. The second kappa shape index (κ2) is 4.33. The summed E-state index contributed by atoms with van der Waals surface area (Å²) in [6.07, 6.45) is 0. The van der Waals surface area contributed by atoms with Gasteiger partial charge < -0.3 is 4.74 Å². The summed E-state index contributed by atoms with van der Waals surface area (Å²) in [5.41, 5.74) is 1.70. The van der Waals surface area contributed by atoms with Gasteiger partial charge >= 0.3 is 5.97 Å². The normalized spacial score (nSPS) is 12.2. The molecule has 0 fully saturated rings. The molecule has 0 N–H and O–H groups in total. The maximum absolute atomic E-state index is 10.8. The highest BCUT2D eigenvalue weighted by Crippen LogP contribution is 2.17. The van der Waals surface area contributed by atoms with Crippen LogP contribution in [0.2, 0.25) is 0 Å². The zero-order chi connectivity index (χ0) is 6.97. The van der Waals surface area contributed by atoms with Crippen molar-refractivity contribution in [2.75, 3.05) is 0 Å². The Bertz CT molecular complexity index is 286. The zero-order valence-corrected chi connectivity index (χ0v) is 7.78. The molecule has 0 saturated heterocycles. The van der Waals surface area contributed by atoms with Gasteiger partial charge in [-0.3, -0.25) is 0 Å². The number of hydrogen-bond acceptors (Lipinski definition) is 2. The summed E-state index contributed by atoms with van der Waals surface area (Å²) in [5.74, 6) is -0.199. The van der Waals surface area contributed by atoms with E-state index in [0.717, 1.165) is 5.56 Å². The molecule has 66 valence electrons. The van der Waals surface area contributed by atoms with Gasteiger partial charge in [-0.15, -0.1) is 24.8 Å². The van der Waals surface area contributed by atoms with Crippen molar-refractivity contribution in [1.29, 1.82) is 0 Å². The van der Waals surface area contributed by atoms with Crippen molar-refractivity contribution in [2.45, 2.75) is 6.61 Å². The Morgan fingerprint density at radius 2 is 1.83 bits per heavy atom. The number of rotatable bonds is 0. The first-order valence-electron chi connectivity index (χ1n) is 3.13. The predicted molar refractivity (Wildman–Crippen MR) is 50.1 cm³/mol. The number of hydrogen-bond donors (Lipinski definition) is 0. The van der Waals surface area contributed by atoms with Crippen molar-refractivity contribution >= 4 is 30.8 Å². The number of cyclic esters (lactones) is 1. The largest absolute Gasteiger partial charge is 0.457 e. The highest BCUT2D eigenvalue weighted by atomic mass is 35.5. The topological polar surface area (TPSA) is 26.3 Å². The Labute approximate surface area is 82.7 Å². The molecule has 2 nitrogen and oxygen atoms in total. The Hall–Kier alpha value is -0.730. The van der Waals surface area contributed by atoms with Crippen LogP contribution in [0.5, 0.6) is 0 Å². The summed E-state index contributed by atoms with van der Waals surface area (Å²) in [5, 5.41) is 0. The van der Waals surface area contributed by atoms with E-state index in [1.807, 2.05) is 18.2 Å². The van der Waals surface area contributed by atoms with E-state index in [4.69, 9.17) is 4.74 Å². The molecule has 0 atom stereocenters. The molecule has 0 aromatic heterocycles. The molecule has 4 heteroatoms. The maximum Gasteiger partial charge on any atom is 0.338 e. The standard InChI is InChI=1S/C8H6O2.2ClH/c9-8-7-4-2-1-3-6(7)5-10-8;;/h1-4H,5H2;2*1H. The molecular formula is C8H8Cl2O2. The maximum atomic E-state index is 10.8. The van der Waals surface area contributed by atoms with E-state index in [0.29, 0.717) is 12.2 Å². The first-order chi connectivity index (χ1) is 4.88. The van der Waals surface area contributed by atoms with Crippen molar-refractivity contribution in [3.63, 3.8) is 0 Å². The molecule has 0 unspecified atom stereocenters. The fourth-order valence-electron chi connectivity index (χ4n) is 1.07. The summed E-state index contributed by atoms with van der Waals surface area (Å²) < 4.78 is 4.78. The fraction of sp³-hybridized carbons (Fsp3) is 0.125. The van der Waals surface area contributed by atoms with Crippen molar-refractivity contribution in [1.82, 2.24) is 0 Å². The first-order valence-corrected chi connectivity index (χ1v) is 3.13. The lowest BCUT2D eigenvalue weighted by Gasteiger charge is -1.87. The molecule has 0 spiro atoms. The van der Waals surface area contributed by atoms with Gasteiger partial charge in [0.25, 0.3) is 0 Å². The summed E-state index contributed by atoms with van der Waals surface area (Å²) in [6, 6.07) is 7.43. The number of esters is 1. The third-order valence-electron chi connectivity index (χ3n) is 1.60. The lowest BCUT2D eigenvalue weighted by molar-refractivity contribution is 0.0535. The monoisotopic (exact) mass is 206 g/mol. The van der Waals surface area contributed by atoms with Crippen LogP contribution < -0.4 is 0 Å². The van der Waals surface area contributed by atoms with Crippen LogP contribution in [-0.4, -0.2) is 5.97 Å². The van der Waals surface area contributed by atoms with Crippen LogP contribution in [0.3, 0.4) is 0 Å². The molecule has 0 saturated carbocycles. The summed E-state index contributed by atoms with van der Waals surface area (Å²) >= 11 is 0. The van der Waals surface area contributed by atoms with E-state index in [2.05, 4.69) is 0 Å². The lowest BCUT2D eigenvalue weighted by Crippen LogP contribution is -1.91. The SMILES string of the molecule is Cl.Cl.O=C1OCc2ccccc21. The van der Waals surface area contributed by atoms with E-state index in [-0.39, 0.29) is 30.8 Å². The third kappa shape index (κ3) is 1.71. The van der Waals surface area contributed by atoms with E-state index in [1.54, 1.807) is 6.07 Å². The molecule has 0 bridgehead atoms. The van der Waals surface area contributed by atoms with Crippen LogP contribution in [0.15, 0.2) is 24.3 Å². The third-order valence-corrected chi connectivity index (χ3v) is 1.60. The molecule has 12 heavy (non-hydrogen) atoms. The van der Waals surface area contributed by atoms with Crippen molar-refractivity contribution < 1.29 is 9.53 Å². The van der Waals surface area contributed by atoms with E-state index < -0.39 is 0 Å². The van der Waals surface area contributed by atoms with Crippen LogP contribution in [0.25, 0.3) is 0 Å². The van der Waals surface area contributed by atoms with Crippen molar-refractivity contribution in [3.05, 3.63) is 35.4 Å². The molecule has 1 aliphatic heterocycles. The quantitative estimate of drug-likeness (QED) is 0.609. The van der Waals surface area contributed by atoms with Gasteiger partial charge in [0, 0.05) is 5.56 Å². The van der Waals surface area contributed by atoms with Gasteiger partial charge in [-0.25, -0.2) is 4.79 Å². The molecular weight excluding hydrogens is 199 g/mol. The molecule has 1 aliphatic rings. The lowest BCUT2D eigenvalue weighted by atomic mass is 10.1. The molecule has 1 heterocycles. The second-order valence-corrected chi connectivity index (χ2v) is 2.23. The van der Waals surface area contributed by atoms with Crippen LogP contribution in [0.1, 0.15) is 15.9 Å². The molecule has 0 aliphatic carbocycles. The number of carbonyl (C=O) groups is 1. The van der Waals surface area contributed by atoms with Gasteiger partial charge in [0.1, 0.15) is 6.61 Å². The number of carbonyl (C=O) groups excluding carboxylic acids is 1. The van der Waals surface area contributed by atoms with Gasteiger partial charge in [-0.1, -0.05) is 18.2 Å². The summed E-state index contributed by atoms with van der Waals surface area (Å²) in [6.45, 7) is 0.439. The number of ether oxygens (including phenoxy) is 1. The smallest absolute Gasteiger partial charge is 0.338 e. The summed E-state index contributed by atoms with van der Waals surface area (Å²) in [4.78, 5) is 10.8. The average molecular weight is 207 g/mol. The van der Waals surface area contributed by atoms with Gasteiger partial charge in [-0.2, -0.15) is 0 Å². The zero-order valence-electron chi connectivity index (χ0n) is 6.15. The van der Waals surface area contributed by atoms with Gasteiger partial charge in [-0.05, 0) is 6.07 Å². The Morgan fingerprint density at radius 1 is 1.17 bits per heavy atom. The van der Waals surface area contributed by atoms with Crippen molar-refractivity contribution in [3.8, 4) is 0 Å². The van der Waals surface area contributed by atoms with E-state index >= 15 is 0 Å². The number of fused-ring (bicyclic) bond motifs is 1. The predicted octanol–water partition coefficient (Wildman–Crippen LogP) is 2.20. The fourth-order valence-corrected chi connectivity index (χ4v) is 1.07. The minimum Gasteiger partial charge on any atom is -0.457 e. The number of halogens is 2. The number of benzene rings is 1. The van der Waals surface area contributed by atoms with Crippen LogP contribution in [0, 0.1) is 0 Å². The van der Waals surface area contributed by atoms with Gasteiger partial charge in [0.15, 0.2) is 0 Å². The Morgan fingerprint density at radius 3 is 2.50 bits per heavy atom. The minimum absolute atomic E-state index is 0. The summed E-state index contributed by atoms with van der Waals surface area (Å²) in [7, 11) is 0. The Kier molecular flexibility index (Phi) is 4.07. The molecule has 2 rings (SSSR count). The average Bonchev–Trinajstić information content (AvgIpc) is 2.34. The van der Waals surface area contributed by atoms with Gasteiger partial charge in [0.2, 0.25) is 0 Å². The molecule has 0 amide bonds. The molecule has 1 aromatic rings. The van der Waals surface area contributed by atoms with Gasteiger partial charge in [0.05, 0.1) is 5.56 Å². The molecule has 1 aromatic carbocycles. The highest BCUT2D eigenvalue weighted by Gasteiger charge is 2.18.